The molecule has 158 valence electrons. The average molecular weight is 431 g/mol. The lowest BCUT2D eigenvalue weighted by atomic mass is 10.0. The number of anilines is 1. The van der Waals surface area contributed by atoms with Crippen molar-refractivity contribution in [1.82, 2.24) is 14.9 Å². The van der Waals surface area contributed by atoms with Gasteiger partial charge in [-0.1, -0.05) is 23.8 Å². The van der Waals surface area contributed by atoms with Crippen LogP contribution in [0.5, 0.6) is 0 Å². The fraction of sp³-hybridized carbons (Fsp3) is 0.280. The summed E-state index contributed by atoms with van der Waals surface area (Å²) in [4.78, 5) is 26.5. The molecule has 1 saturated heterocycles. The number of H-pyrrole nitrogens is 1. The van der Waals surface area contributed by atoms with E-state index >= 15 is 0 Å². The van der Waals surface area contributed by atoms with Crippen molar-refractivity contribution in [3.63, 3.8) is 0 Å². The molecule has 5 rings (SSSR count). The molecule has 0 saturated carbocycles. The van der Waals surface area contributed by atoms with E-state index in [0.29, 0.717) is 6.42 Å². The molecule has 1 fully saturated rings. The van der Waals surface area contributed by atoms with Gasteiger partial charge in [0.05, 0.1) is 10.6 Å². The number of nitrogens with zero attached hydrogens (tertiary/aromatic N) is 3. The number of carbonyl (C=O) groups excluding carboxylic acids is 1. The molecule has 4 heterocycles. The van der Waals surface area contributed by atoms with Gasteiger partial charge in [-0.05, 0) is 54.6 Å². The van der Waals surface area contributed by atoms with Crippen molar-refractivity contribution in [2.45, 2.75) is 19.8 Å². The zero-order valence-electron chi connectivity index (χ0n) is 17.7. The first-order valence-corrected chi connectivity index (χ1v) is 11.7. The van der Waals surface area contributed by atoms with Crippen molar-refractivity contribution in [2.75, 3.05) is 31.1 Å². The van der Waals surface area contributed by atoms with Crippen LogP contribution in [0.4, 0.5) is 5.82 Å². The quantitative estimate of drug-likeness (QED) is 0.491. The van der Waals surface area contributed by atoms with Gasteiger partial charge in [-0.15, -0.1) is 11.3 Å². The van der Waals surface area contributed by atoms with E-state index in [1.165, 1.54) is 21.4 Å². The Morgan fingerprint density at radius 1 is 1.10 bits per heavy atom. The minimum atomic E-state index is 0.236. The molecule has 1 aliphatic heterocycles. The number of piperazine rings is 1. The molecular formula is C25H26N4OS. The molecular weight excluding hydrogens is 404 g/mol. The summed E-state index contributed by atoms with van der Waals surface area (Å²) in [5.74, 6) is 1.23. The molecule has 0 unspecified atom stereocenters. The second-order valence-corrected chi connectivity index (χ2v) is 9.01. The van der Waals surface area contributed by atoms with Gasteiger partial charge >= 0.3 is 0 Å². The van der Waals surface area contributed by atoms with E-state index in [1.807, 2.05) is 29.3 Å². The van der Waals surface area contributed by atoms with Crippen molar-refractivity contribution < 1.29 is 4.79 Å². The lowest BCUT2D eigenvalue weighted by molar-refractivity contribution is -0.131. The number of carbonyl (C=O) groups is 1. The molecule has 3 aromatic heterocycles. The van der Waals surface area contributed by atoms with Crippen LogP contribution in [0, 0.1) is 6.92 Å². The van der Waals surface area contributed by atoms with E-state index in [-0.39, 0.29) is 5.91 Å². The number of benzene rings is 1. The van der Waals surface area contributed by atoms with Crippen molar-refractivity contribution in [1.29, 1.82) is 0 Å². The Labute approximate surface area is 186 Å². The van der Waals surface area contributed by atoms with Crippen LogP contribution in [0.3, 0.4) is 0 Å². The number of amides is 1. The molecule has 5 nitrogen and oxygen atoms in total. The molecule has 0 aliphatic carbocycles. The van der Waals surface area contributed by atoms with E-state index in [0.717, 1.165) is 49.6 Å². The van der Waals surface area contributed by atoms with Gasteiger partial charge in [0.15, 0.2) is 0 Å². The highest BCUT2D eigenvalue weighted by molar-refractivity contribution is 7.13. The average Bonchev–Trinajstić information content (AvgIpc) is 3.46. The first-order valence-electron chi connectivity index (χ1n) is 10.8. The number of hydrogen-bond acceptors (Lipinski definition) is 4. The zero-order valence-corrected chi connectivity index (χ0v) is 18.5. The number of thiophene rings is 1. The van der Waals surface area contributed by atoms with Crippen LogP contribution in [-0.2, 0) is 11.2 Å². The zero-order chi connectivity index (χ0) is 21.2. The smallest absolute Gasteiger partial charge is 0.223 e. The topological polar surface area (TPSA) is 52.2 Å². The first-order chi connectivity index (χ1) is 15.2. The number of aromatic nitrogens is 2. The summed E-state index contributed by atoms with van der Waals surface area (Å²) in [7, 11) is 0. The monoisotopic (exact) mass is 430 g/mol. The number of fused-ring (bicyclic) bond motifs is 1. The minimum absolute atomic E-state index is 0.236. The second-order valence-electron chi connectivity index (χ2n) is 8.06. The first kappa shape index (κ1) is 19.8. The van der Waals surface area contributed by atoms with E-state index in [9.17, 15) is 4.79 Å². The molecule has 0 bridgehead atoms. The summed E-state index contributed by atoms with van der Waals surface area (Å²) in [5, 5.41) is 3.33. The normalized spacial score (nSPS) is 14.4. The second kappa shape index (κ2) is 8.55. The van der Waals surface area contributed by atoms with E-state index < -0.39 is 0 Å². The number of aromatic amines is 1. The Balaban J connectivity index is 1.29. The molecule has 0 radical (unpaired) electrons. The summed E-state index contributed by atoms with van der Waals surface area (Å²) in [6, 6.07) is 16.7. The van der Waals surface area contributed by atoms with Gasteiger partial charge in [0, 0.05) is 49.7 Å². The molecule has 1 aromatic carbocycles. The van der Waals surface area contributed by atoms with Gasteiger partial charge in [0.25, 0.3) is 0 Å². The van der Waals surface area contributed by atoms with Gasteiger partial charge in [0.2, 0.25) is 5.91 Å². The van der Waals surface area contributed by atoms with Gasteiger partial charge in [-0.2, -0.15) is 0 Å². The van der Waals surface area contributed by atoms with Crippen molar-refractivity contribution >= 4 is 34.0 Å². The molecule has 1 N–H and O–H groups in total. The maximum absolute atomic E-state index is 13.0. The fourth-order valence-electron chi connectivity index (χ4n) is 4.37. The van der Waals surface area contributed by atoms with E-state index in [2.05, 4.69) is 57.5 Å². The fourth-order valence-corrected chi connectivity index (χ4v) is 5.12. The predicted octanol–water partition coefficient (Wildman–Crippen LogP) is 4.88. The van der Waals surface area contributed by atoms with Crippen molar-refractivity contribution in [3.05, 3.63) is 71.2 Å². The van der Waals surface area contributed by atoms with E-state index in [4.69, 9.17) is 0 Å². The van der Waals surface area contributed by atoms with Crippen molar-refractivity contribution in [2.24, 2.45) is 0 Å². The van der Waals surface area contributed by atoms with Crippen LogP contribution < -0.4 is 4.90 Å². The third kappa shape index (κ3) is 4.08. The Bertz CT molecular complexity index is 1180. The van der Waals surface area contributed by atoms with Crippen LogP contribution in [0.1, 0.15) is 17.5 Å². The van der Waals surface area contributed by atoms with Crippen LogP contribution in [0.2, 0.25) is 0 Å². The molecule has 6 heteroatoms. The largest absolute Gasteiger partial charge is 0.354 e. The Hall–Kier alpha value is -3.12. The molecule has 0 spiro atoms. The number of rotatable bonds is 5. The van der Waals surface area contributed by atoms with Gasteiger partial charge in [0.1, 0.15) is 5.82 Å². The lowest BCUT2D eigenvalue weighted by Crippen LogP contribution is -2.49. The predicted molar refractivity (Wildman–Crippen MR) is 128 cm³/mol. The molecule has 4 aromatic rings. The van der Waals surface area contributed by atoms with Crippen LogP contribution in [-0.4, -0.2) is 47.0 Å². The van der Waals surface area contributed by atoms with E-state index in [1.54, 1.807) is 11.3 Å². The van der Waals surface area contributed by atoms with Crippen LogP contribution >= 0.6 is 11.3 Å². The standard InChI is InChI=1S/C25H26N4OS/c1-18-7-9-21-20(17-18)19(25(27-21)22-5-4-16-31-22)8-10-24(30)29-14-12-28(13-15-29)23-6-2-3-11-26-23/h2-7,9,11,16-17,27H,8,10,12-15H2,1H3. The Morgan fingerprint density at radius 3 is 2.71 bits per heavy atom. The maximum Gasteiger partial charge on any atom is 0.223 e. The third-order valence-corrected chi connectivity index (χ3v) is 6.91. The minimum Gasteiger partial charge on any atom is -0.354 e. The van der Waals surface area contributed by atoms with Crippen molar-refractivity contribution in [3.8, 4) is 10.6 Å². The van der Waals surface area contributed by atoms with Gasteiger partial charge in [-0.3, -0.25) is 4.79 Å². The Kier molecular flexibility index (Phi) is 5.47. The van der Waals surface area contributed by atoms with Gasteiger partial charge in [-0.25, -0.2) is 4.98 Å². The number of pyridine rings is 1. The lowest BCUT2D eigenvalue weighted by Gasteiger charge is -2.35. The summed E-state index contributed by atoms with van der Waals surface area (Å²) in [6.45, 7) is 5.28. The molecule has 1 amide bonds. The maximum atomic E-state index is 13.0. The Morgan fingerprint density at radius 2 is 1.97 bits per heavy atom. The molecule has 0 atom stereocenters. The number of aryl methyl sites for hydroxylation is 2. The molecule has 31 heavy (non-hydrogen) atoms. The summed E-state index contributed by atoms with van der Waals surface area (Å²) >= 11 is 1.73. The highest BCUT2D eigenvalue weighted by Gasteiger charge is 2.23. The highest BCUT2D eigenvalue weighted by Crippen LogP contribution is 2.34. The van der Waals surface area contributed by atoms with Crippen LogP contribution in [0.25, 0.3) is 21.5 Å². The number of nitrogens with one attached hydrogen (secondary N) is 1. The third-order valence-electron chi connectivity index (χ3n) is 6.02. The highest BCUT2D eigenvalue weighted by atomic mass is 32.1. The van der Waals surface area contributed by atoms with Gasteiger partial charge < -0.3 is 14.8 Å². The SMILES string of the molecule is Cc1ccc2[nH]c(-c3cccs3)c(CCC(=O)N3CCN(c4ccccn4)CC3)c2c1. The van der Waals surface area contributed by atoms with Crippen LogP contribution in [0.15, 0.2) is 60.1 Å². The summed E-state index contributed by atoms with van der Waals surface area (Å²) < 4.78 is 0. The summed E-state index contributed by atoms with van der Waals surface area (Å²) in [5.41, 5.74) is 4.79. The number of hydrogen-bond donors (Lipinski definition) is 1. The summed E-state index contributed by atoms with van der Waals surface area (Å²) in [6.07, 6.45) is 3.10. The molecule has 1 aliphatic rings.